The van der Waals surface area contributed by atoms with E-state index < -0.39 is 0 Å². The predicted octanol–water partition coefficient (Wildman–Crippen LogP) is 3.03. The molecule has 1 N–H and O–H groups in total. The molecule has 2 heteroatoms. The number of nitrogens with zero attached hydrogens (tertiary/aromatic N) is 1. The first-order valence-corrected chi connectivity index (χ1v) is 7.57. The molecule has 1 saturated heterocycles. The normalized spacial score (nSPS) is 34.4. The van der Waals surface area contributed by atoms with Gasteiger partial charge in [-0.1, -0.05) is 33.6 Å². The molecule has 0 aromatic carbocycles. The monoisotopic (exact) mass is 238 g/mol. The molecular formula is C15H30N2. The standard InChI is InChI=1S/C15H30N2/c1-5-13-11-17(14(10-16-13)12(2)3)15(4)8-6-7-9-15/h12-14,16H,5-11H2,1-4H3. The summed E-state index contributed by atoms with van der Waals surface area (Å²) in [5, 5.41) is 3.73. The first-order valence-electron chi connectivity index (χ1n) is 7.57. The Morgan fingerprint density at radius 2 is 1.94 bits per heavy atom. The third-order valence-electron chi connectivity index (χ3n) is 5.07. The van der Waals surface area contributed by atoms with Crippen LogP contribution in [-0.4, -0.2) is 35.6 Å². The summed E-state index contributed by atoms with van der Waals surface area (Å²) < 4.78 is 0. The van der Waals surface area contributed by atoms with E-state index in [1.165, 1.54) is 45.2 Å². The van der Waals surface area contributed by atoms with Crippen LogP contribution in [0.2, 0.25) is 0 Å². The van der Waals surface area contributed by atoms with Crippen molar-refractivity contribution in [1.29, 1.82) is 0 Å². The smallest absolute Gasteiger partial charge is 0.0249 e. The molecule has 100 valence electrons. The second kappa shape index (κ2) is 5.27. The Labute approximate surface area is 107 Å². The first-order chi connectivity index (χ1) is 8.07. The van der Waals surface area contributed by atoms with Gasteiger partial charge in [0.15, 0.2) is 0 Å². The van der Waals surface area contributed by atoms with Crippen LogP contribution in [0.25, 0.3) is 0 Å². The first kappa shape index (κ1) is 13.4. The van der Waals surface area contributed by atoms with E-state index in [4.69, 9.17) is 0 Å². The lowest BCUT2D eigenvalue weighted by atomic mass is 9.88. The van der Waals surface area contributed by atoms with E-state index in [1.54, 1.807) is 0 Å². The van der Waals surface area contributed by atoms with E-state index in [-0.39, 0.29) is 0 Å². The molecule has 0 aromatic rings. The van der Waals surface area contributed by atoms with Crippen LogP contribution in [0.1, 0.15) is 59.8 Å². The lowest BCUT2D eigenvalue weighted by molar-refractivity contribution is 0.00307. The highest BCUT2D eigenvalue weighted by Gasteiger charge is 2.42. The van der Waals surface area contributed by atoms with Gasteiger partial charge in [-0.05, 0) is 32.1 Å². The summed E-state index contributed by atoms with van der Waals surface area (Å²) in [6, 6.07) is 1.45. The maximum absolute atomic E-state index is 3.73. The third kappa shape index (κ3) is 2.68. The molecule has 0 amide bonds. The van der Waals surface area contributed by atoms with Gasteiger partial charge in [0.2, 0.25) is 0 Å². The summed E-state index contributed by atoms with van der Waals surface area (Å²) in [5.41, 5.74) is 0.491. The van der Waals surface area contributed by atoms with Gasteiger partial charge in [0.05, 0.1) is 0 Å². The minimum atomic E-state index is 0.491. The van der Waals surface area contributed by atoms with Crippen molar-refractivity contribution in [3.63, 3.8) is 0 Å². The summed E-state index contributed by atoms with van der Waals surface area (Å²) >= 11 is 0. The Morgan fingerprint density at radius 1 is 1.29 bits per heavy atom. The largest absolute Gasteiger partial charge is 0.311 e. The van der Waals surface area contributed by atoms with Gasteiger partial charge in [0, 0.05) is 30.7 Å². The van der Waals surface area contributed by atoms with E-state index in [0.717, 1.165) is 12.0 Å². The van der Waals surface area contributed by atoms with Gasteiger partial charge >= 0.3 is 0 Å². The molecule has 2 aliphatic rings. The number of hydrogen-bond donors (Lipinski definition) is 1. The summed E-state index contributed by atoms with van der Waals surface area (Å²) in [4.78, 5) is 2.86. The molecule has 0 radical (unpaired) electrons. The van der Waals surface area contributed by atoms with Crippen LogP contribution in [-0.2, 0) is 0 Å². The highest BCUT2D eigenvalue weighted by molar-refractivity contribution is 4.99. The van der Waals surface area contributed by atoms with Crippen molar-refractivity contribution in [1.82, 2.24) is 10.2 Å². The van der Waals surface area contributed by atoms with Gasteiger partial charge in [-0.15, -0.1) is 0 Å². The highest BCUT2D eigenvalue weighted by Crippen LogP contribution is 2.38. The SMILES string of the molecule is CCC1CN(C2(C)CCCC2)C(C(C)C)CN1. The van der Waals surface area contributed by atoms with Crippen molar-refractivity contribution >= 4 is 0 Å². The Bertz CT molecular complexity index is 243. The number of piperazine rings is 1. The van der Waals surface area contributed by atoms with Crippen LogP contribution in [0.15, 0.2) is 0 Å². The van der Waals surface area contributed by atoms with Crippen molar-refractivity contribution in [2.45, 2.75) is 77.4 Å². The minimum Gasteiger partial charge on any atom is -0.311 e. The molecule has 0 aromatic heterocycles. The van der Waals surface area contributed by atoms with E-state index >= 15 is 0 Å². The molecule has 17 heavy (non-hydrogen) atoms. The molecule has 1 heterocycles. The second-order valence-electron chi connectivity index (χ2n) is 6.68. The third-order valence-corrected chi connectivity index (χ3v) is 5.07. The Balaban J connectivity index is 2.12. The molecule has 0 bridgehead atoms. The summed E-state index contributed by atoms with van der Waals surface area (Å²) in [7, 11) is 0. The quantitative estimate of drug-likeness (QED) is 0.813. The van der Waals surface area contributed by atoms with Crippen molar-refractivity contribution in [3.05, 3.63) is 0 Å². The average molecular weight is 238 g/mol. The van der Waals surface area contributed by atoms with E-state index in [9.17, 15) is 0 Å². The zero-order valence-corrected chi connectivity index (χ0v) is 12.1. The van der Waals surface area contributed by atoms with Crippen LogP contribution in [0.3, 0.4) is 0 Å². The number of nitrogens with one attached hydrogen (secondary N) is 1. The lowest BCUT2D eigenvalue weighted by Gasteiger charge is -2.50. The van der Waals surface area contributed by atoms with Crippen molar-refractivity contribution < 1.29 is 0 Å². The molecule has 2 atom stereocenters. The molecule has 1 aliphatic heterocycles. The number of hydrogen-bond acceptors (Lipinski definition) is 2. The van der Waals surface area contributed by atoms with Gasteiger partial charge in [-0.3, -0.25) is 4.90 Å². The topological polar surface area (TPSA) is 15.3 Å². The fraction of sp³-hybridized carbons (Fsp3) is 1.00. The molecule has 2 nitrogen and oxygen atoms in total. The van der Waals surface area contributed by atoms with Crippen molar-refractivity contribution in [3.8, 4) is 0 Å². The van der Waals surface area contributed by atoms with Crippen LogP contribution in [0, 0.1) is 5.92 Å². The summed E-state index contributed by atoms with van der Waals surface area (Å²) in [5.74, 6) is 0.762. The fourth-order valence-electron chi connectivity index (χ4n) is 3.75. The van der Waals surface area contributed by atoms with Gasteiger partial charge in [-0.2, -0.15) is 0 Å². The van der Waals surface area contributed by atoms with Crippen LogP contribution in [0.5, 0.6) is 0 Å². The van der Waals surface area contributed by atoms with E-state index in [1.807, 2.05) is 0 Å². The van der Waals surface area contributed by atoms with Gasteiger partial charge in [-0.25, -0.2) is 0 Å². The molecular weight excluding hydrogens is 208 g/mol. The molecule has 2 unspecified atom stereocenters. The summed E-state index contributed by atoms with van der Waals surface area (Å²) in [6.07, 6.45) is 6.95. The molecule has 0 spiro atoms. The highest BCUT2D eigenvalue weighted by atomic mass is 15.3. The zero-order chi connectivity index (χ0) is 12.5. The Hall–Kier alpha value is -0.0800. The van der Waals surface area contributed by atoms with Crippen LogP contribution >= 0.6 is 0 Å². The van der Waals surface area contributed by atoms with Crippen molar-refractivity contribution in [2.75, 3.05) is 13.1 Å². The van der Waals surface area contributed by atoms with E-state index in [0.29, 0.717) is 11.6 Å². The number of rotatable bonds is 3. The van der Waals surface area contributed by atoms with E-state index in [2.05, 4.69) is 37.9 Å². The Morgan fingerprint density at radius 3 is 2.47 bits per heavy atom. The molecule has 2 rings (SSSR count). The molecule has 2 fully saturated rings. The fourth-order valence-corrected chi connectivity index (χ4v) is 3.75. The predicted molar refractivity (Wildman–Crippen MR) is 74.3 cm³/mol. The van der Waals surface area contributed by atoms with Gasteiger partial charge in [0.25, 0.3) is 0 Å². The van der Waals surface area contributed by atoms with Gasteiger partial charge < -0.3 is 5.32 Å². The minimum absolute atomic E-state index is 0.491. The molecule has 1 saturated carbocycles. The van der Waals surface area contributed by atoms with Crippen LogP contribution < -0.4 is 5.32 Å². The average Bonchev–Trinajstić information content (AvgIpc) is 2.76. The van der Waals surface area contributed by atoms with Gasteiger partial charge in [0.1, 0.15) is 0 Å². The zero-order valence-electron chi connectivity index (χ0n) is 12.1. The molecule has 1 aliphatic carbocycles. The second-order valence-corrected chi connectivity index (χ2v) is 6.68. The Kier molecular flexibility index (Phi) is 4.14. The summed E-state index contributed by atoms with van der Waals surface area (Å²) in [6.45, 7) is 12.0. The lowest BCUT2D eigenvalue weighted by Crippen LogP contribution is -2.64. The maximum atomic E-state index is 3.73. The maximum Gasteiger partial charge on any atom is 0.0249 e. The van der Waals surface area contributed by atoms with Crippen LogP contribution in [0.4, 0.5) is 0 Å². The van der Waals surface area contributed by atoms with Crippen molar-refractivity contribution in [2.24, 2.45) is 5.92 Å².